The minimum absolute atomic E-state index is 0. The van der Waals surface area contributed by atoms with E-state index in [0.29, 0.717) is 0 Å². The van der Waals surface area contributed by atoms with Crippen LogP contribution in [0.5, 0.6) is 0 Å². The lowest BCUT2D eigenvalue weighted by Crippen LogP contribution is -2.50. The third-order valence-electron chi connectivity index (χ3n) is 12.9. The standard InChI is InChI=1S/C12H24N2O.C9H20N2.C8H18N2.2C8H17N.CH4/c1-11(2)13-5-3-12(4-6-13)14-7-9-15-10-8-14;1-4-10-5-7-11(8-6-10)9(2)3;1-8(2)10-6-4-9(3)5-7-10;2*1-8(2)9-6-4-3-5-7-9;/h11-12H,3-10H2,1-2H3;9H,4-8H2,1-3H3;8H,4-7H2,1-3H3;2*8H,3-7H2,1-2H3;1H4. The quantitative estimate of drug-likeness (QED) is 0.266. The molecule has 55 heavy (non-hydrogen) atoms. The Balaban J connectivity index is 0.000000347. The topological polar surface area (TPSA) is 35.2 Å². The van der Waals surface area contributed by atoms with Crippen molar-refractivity contribution in [2.45, 2.75) is 171 Å². The van der Waals surface area contributed by atoms with E-state index < -0.39 is 0 Å². The molecule has 0 N–H and O–H groups in total. The van der Waals surface area contributed by atoms with Gasteiger partial charge in [0.2, 0.25) is 0 Å². The van der Waals surface area contributed by atoms with Crippen molar-refractivity contribution in [3.05, 3.63) is 0 Å². The van der Waals surface area contributed by atoms with E-state index in [2.05, 4.69) is 122 Å². The van der Waals surface area contributed by atoms with E-state index in [4.69, 9.17) is 4.74 Å². The number of nitrogens with zero attached hydrogens (tertiary/aromatic N) is 8. The lowest BCUT2D eigenvalue weighted by molar-refractivity contribution is -0.00175. The molecule has 6 aliphatic rings. The summed E-state index contributed by atoms with van der Waals surface area (Å²) in [6.45, 7) is 48.3. The van der Waals surface area contributed by atoms with E-state index in [-0.39, 0.29) is 7.43 Å². The second-order valence-corrected chi connectivity index (χ2v) is 18.4. The summed E-state index contributed by atoms with van der Waals surface area (Å²) in [5, 5.41) is 0. The van der Waals surface area contributed by atoms with Crippen LogP contribution in [0.3, 0.4) is 0 Å². The number of hydrogen-bond donors (Lipinski definition) is 0. The first-order chi connectivity index (χ1) is 25.8. The maximum absolute atomic E-state index is 5.40. The Labute approximate surface area is 345 Å². The lowest BCUT2D eigenvalue weighted by Gasteiger charge is -2.41. The van der Waals surface area contributed by atoms with Crippen LogP contribution in [-0.4, -0.2) is 207 Å². The molecule has 6 fully saturated rings. The Bertz CT molecular complexity index is 824. The molecular weight excluding hydrogens is 681 g/mol. The summed E-state index contributed by atoms with van der Waals surface area (Å²) in [5.41, 5.74) is 0. The average molecular weight is 781 g/mol. The van der Waals surface area contributed by atoms with Gasteiger partial charge in [0, 0.05) is 102 Å². The maximum Gasteiger partial charge on any atom is 0.0594 e. The third-order valence-corrected chi connectivity index (χ3v) is 12.9. The van der Waals surface area contributed by atoms with Gasteiger partial charge in [-0.3, -0.25) is 14.7 Å². The lowest BCUT2D eigenvalue weighted by atomic mass is 10.0. The molecule has 6 aliphatic heterocycles. The molecular formula is C46H100N8O. The molecule has 330 valence electrons. The maximum atomic E-state index is 5.40. The smallest absolute Gasteiger partial charge is 0.0594 e. The minimum atomic E-state index is 0. The highest BCUT2D eigenvalue weighted by Crippen LogP contribution is 2.19. The number of likely N-dealkylation sites (N-methyl/N-ethyl adjacent to an activating group) is 2. The van der Waals surface area contributed by atoms with Crippen molar-refractivity contribution >= 4 is 0 Å². The van der Waals surface area contributed by atoms with Gasteiger partial charge in [-0.15, -0.1) is 0 Å². The predicted molar refractivity (Wildman–Crippen MR) is 243 cm³/mol. The SMILES string of the molecule is C.CC(C)N1CCC(N2CCOCC2)CC1.CC(C)N1CCCCC1.CC(C)N1CCCCC1.CC(C)N1CCN(C)CC1.CCN1CCN(C(C)C)CC1. The number of likely N-dealkylation sites (tertiary alicyclic amines) is 3. The second kappa shape index (κ2) is 30.6. The fraction of sp³-hybridized carbons (Fsp3) is 1.00. The summed E-state index contributed by atoms with van der Waals surface area (Å²) in [7, 11) is 2.19. The summed E-state index contributed by atoms with van der Waals surface area (Å²) < 4.78 is 5.40. The van der Waals surface area contributed by atoms with Crippen LogP contribution in [0.2, 0.25) is 0 Å². The van der Waals surface area contributed by atoms with E-state index in [1.807, 2.05) is 0 Å². The number of rotatable bonds is 7. The van der Waals surface area contributed by atoms with Gasteiger partial charge in [-0.1, -0.05) is 27.2 Å². The van der Waals surface area contributed by atoms with Crippen molar-refractivity contribution < 1.29 is 4.74 Å². The molecule has 0 unspecified atom stereocenters. The molecule has 6 heterocycles. The number of morpholine rings is 1. The highest BCUT2D eigenvalue weighted by molar-refractivity contribution is 4.82. The number of hydrogen-bond acceptors (Lipinski definition) is 9. The van der Waals surface area contributed by atoms with E-state index in [1.165, 1.54) is 150 Å². The molecule has 0 atom stereocenters. The predicted octanol–water partition coefficient (Wildman–Crippen LogP) is 7.26. The van der Waals surface area contributed by atoms with Gasteiger partial charge in [-0.25, -0.2) is 0 Å². The van der Waals surface area contributed by atoms with Crippen molar-refractivity contribution in [3.63, 3.8) is 0 Å². The van der Waals surface area contributed by atoms with Gasteiger partial charge in [-0.05, 0) is 161 Å². The minimum Gasteiger partial charge on any atom is -0.379 e. The third kappa shape index (κ3) is 22.6. The number of ether oxygens (including phenoxy) is 1. The zero-order valence-corrected chi connectivity index (χ0v) is 38.5. The van der Waals surface area contributed by atoms with E-state index >= 15 is 0 Å². The van der Waals surface area contributed by atoms with Crippen molar-refractivity contribution in [1.29, 1.82) is 0 Å². The summed E-state index contributed by atoms with van der Waals surface area (Å²) >= 11 is 0. The zero-order valence-electron chi connectivity index (χ0n) is 38.5. The highest BCUT2D eigenvalue weighted by atomic mass is 16.5. The summed E-state index contributed by atoms with van der Waals surface area (Å²) in [6.07, 6.45) is 11.2. The van der Waals surface area contributed by atoms with Crippen LogP contribution >= 0.6 is 0 Å². The molecule has 0 spiro atoms. The first kappa shape index (κ1) is 52.7. The van der Waals surface area contributed by atoms with Gasteiger partial charge < -0.3 is 29.2 Å². The van der Waals surface area contributed by atoms with E-state index in [1.54, 1.807) is 0 Å². The molecule has 9 nitrogen and oxygen atoms in total. The molecule has 0 aromatic carbocycles. The fourth-order valence-corrected chi connectivity index (χ4v) is 8.51. The van der Waals surface area contributed by atoms with Gasteiger partial charge in [0.15, 0.2) is 0 Å². The zero-order chi connectivity index (χ0) is 39.9. The fourth-order valence-electron chi connectivity index (χ4n) is 8.51. The van der Waals surface area contributed by atoms with Gasteiger partial charge in [0.1, 0.15) is 0 Å². The normalized spacial score (nSPS) is 23.9. The molecule has 9 heteroatoms. The summed E-state index contributed by atoms with van der Waals surface area (Å²) in [4.78, 5) is 20.3. The van der Waals surface area contributed by atoms with Gasteiger partial charge in [0.25, 0.3) is 0 Å². The van der Waals surface area contributed by atoms with Gasteiger partial charge in [0.05, 0.1) is 13.2 Å². The number of piperazine rings is 2. The molecule has 0 bridgehead atoms. The molecule has 6 saturated heterocycles. The number of piperidine rings is 3. The molecule has 6 rings (SSSR count). The van der Waals surface area contributed by atoms with Crippen molar-refractivity contribution in [2.24, 2.45) is 0 Å². The van der Waals surface area contributed by atoms with Gasteiger partial charge >= 0.3 is 0 Å². The molecule has 0 aromatic heterocycles. The van der Waals surface area contributed by atoms with Crippen LogP contribution in [0.15, 0.2) is 0 Å². The summed E-state index contributed by atoms with van der Waals surface area (Å²) in [5.74, 6) is 0. The molecule has 0 amide bonds. The van der Waals surface area contributed by atoms with Crippen LogP contribution in [0.1, 0.15) is 135 Å². The van der Waals surface area contributed by atoms with Crippen LogP contribution in [0, 0.1) is 0 Å². The Kier molecular flexibility index (Phi) is 29.3. The van der Waals surface area contributed by atoms with Crippen molar-refractivity contribution in [2.75, 3.05) is 132 Å². The van der Waals surface area contributed by atoms with E-state index in [0.717, 1.165) is 62.6 Å². The van der Waals surface area contributed by atoms with Crippen LogP contribution in [-0.2, 0) is 4.74 Å². The molecule has 0 aliphatic carbocycles. The summed E-state index contributed by atoms with van der Waals surface area (Å²) in [6, 6.07) is 4.54. The van der Waals surface area contributed by atoms with Crippen LogP contribution in [0.25, 0.3) is 0 Å². The van der Waals surface area contributed by atoms with Crippen molar-refractivity contribution in [3.8, 4) is 0 Å². The van der Waals surface area contributed by atoms with Crippen molar-refractivity contribution in [1.82, 2.24) is 39.2 Å². The average Bonchev–Trinajstić information content (AvgIpc) is 3.20. The molecule has 0 saturated carbocycles. The Morgan fingerprint density at radius 1 is 0.418 bits per heavy atom. The first-order valence-corrected chi connectivity index (χ1v) is 23.2. The Hall–Kier alpha value is -0.360. The van der Waals surface area contributed by atoms with Crippen LogP contribution < -0.4 is 0 Å². The Morgan fingerprint density at radius 2 is 0.745 bits per heavy atom. The molecule has 0 radical (unpaired) electrons. The Morgan fingerprint density at radius 3 is 1.07 bits per heavy atom. The largest absolute Gasteiger partial charge is 0.379 e. The van der Waals surface area contributed by atoms with Gasteiger partial charge in [-0.2, -0.15) is 0 Å². The first-order valence-electron chi connectivity index (χ1n) is 23.2. The monoisotopic (exact) mass is 781 g/mol. The van der Waals surface area contributed by atoms with E-state index in [9.17, 15) is 0 Å². The van der Waals surface area contributed by atoms with Crippen LogP contribution in [0.4, 0.5) is 0 Å². The second-order valence-electron chi connectivity index (χ2n) is 18.4. The highest BCUT2D eigenvalue weighted by Gasteiger charge is 2.26. The molecule has 0 aromatic rings.